The zero-order valence-electron chi connectivity index (χ0n) is 19.5. The molecule has 0 aliphatic heterocycles. The van der Waals surface area contributed by atoms with Gasteiger partial charge in [0.05, 0.1) is 12.2 Å². The summed E-state index contributed by atoms with van der Waals surface area (Å²) in [6.45, 7) is 9.44. The van der Waals surface area contributed by atoms with Crippen molar-refractivity contribution in [2.75, 3.05) is 0 Å². The fraction of sp³-hybridized carbons (Fsp3) is 0.962. The Balaban J connectivity index is 1.61. The van der Waals surface area contributed by atoms with Gasteiger partial charge in [0.1, 0.15) is 0 Å². The SMILES string of the molecule is CC[C@@H]1C2CC(O)CCC2(C)C2CCC3(C)C(C(C)CCC(=O)O)CCC3C2[C@@H]1O. The van der Waals surface area contributed by atoms with Crippen LogP contribution in [0.3, 0.4) is 0 Å². The van der Waals surface area contributed by atoms with E-state index in [1.807, 2.05) is 0 Å². The van der Waals surface area contributed by atoms with Crippen LogP contribution in [0.25, 0.3) is 0 Å². The van der Waals surface area contributed by atoms with Crippen LogP contribution >= 0.6 is 0 Å². The molecule has 0 aromatic heterocycles. The Labute approximate surface area is 182 Å². The summed E-state index contributed by atoms with van der Waals surface area (Å²) < 4.78 is 0. The second-order valence-corrected chi connectivity index (χ2v) is 12.0. The molecule has 0 spiro atoms. The van der Waals surface area contributed by atoms with Crippen molar-refractivity contribution in [2.24, 2.45) is 52.3 Å². The third-order valence-electron chi connectivity index (χ3n) is 11.0. The lowest BCUT2D eigenvalue weighted by Crippen LogP contribution is -2.62. The smallest absolute Gasteiger partial charge is 0.303 e. The van der Waals surface area contributed by atoms with Crippen LogP contribution in [0.5, 0.6) is 0 Å². The molecule has 0 bridgehead atoms. The number of hydrogen-bond acceptors (Lipinski definition) is 3. The van der Waals surface area contributed by atoms with E-state index in [4.69, 9.17) is 5.11 Å². The van der Waals surface area contributed by atoms with Gasteiger partial charge in [0.25, 0.3) is 0 Å². The highest BCUT2D eigenvalue weighted by atomic mass is 16.4. The van der Waals surface area contributed by atoms with Crippen molar-refractivity contribution in [1.29, 1.82) is 0 Å². The van der Waals surface area contributed by atoms with Crippen molar-refractivity contribution in [3.05, 3.63) is 0 Å². The molecule has 0 heterocycles. The molecule has 4 aliphatic rings. The fourth-order valence-electron chi connectivity index (χ4n) is 9.48. The number of aliphatic carboxylic acids is 1. The van der Waals surface area contributed by atoms with Crippen molar-refractivity contribution >= 4 is 5.97 Å². The molecule has 4 rings (SSSR count). The van der Waals surface area contributed by atoms with Crippen LogP contribution < -0.4 is 0 Å². The molecule has 4 heteroatoms. The summed E-state index contributed by atoms with van der Waals surface area (Å²) in [4.78, 5) is 11.1. The van der Waals surface area contributed by atoms with Gasteiger partial charge in [-0.05, 0) is 104 Å². The minimum Gasteiger partial charge on any atom is -0.481 e. The molecule has 0 aromatic carbocycles. The first kappa shape index (κ1) is 22.6. The summed E-state index contributed by atoms with van der Waals surface area (Å²) in [5, 5.41) is 31.3. The van der Waals surface area contributed by atoms with Crippen molar-refractivity contribution < 1.29 is 20.1 Å². The van der Waals surface area contributed by atoms with E-state index in [1.165, 1.54) is 25.7 Å². The molecule has 4 fully saturated rings. The topological polar surface area (TPSA) is 77.8 Å². The van der Waals surface area contributed by atoms with Crippen molar-refractivity contribution in [3.8, 4) is 0 Å². The molecule has 3 N–H and O–H groups in total. The third kappa shape index (κ3) is 3.36. The number of carboxylic acid groups (broad SMARTS) is 1. The quantitative estimate of drug-likeness (QED) is 0.577. The van der Waals surface area contributed by atoms with Crippen LogP contribution in [0.2, 0.25) is 0 Å². The summed E-state index contributed by atoms with van der Waals surface area (Å²) in [5.41, 5.74) is 0.480. The van der Waals surface area contributed by atoms with Crippen molar-refractivity contribution in [1.82, 2.24) is 0 Å². The summed E-state index contributed by atoms with van der Waals surface area (Å²) in [5.74, 6) is 2.58. The summed E-state index contributed by atoms with van der Waals surface area (Å²) in [6, 6.07) is 0. The van der Waals surface area contributed by atoms with Gasteiger partial charge < -0.3 is 15.3 Å². The van der Waals surface area contributed by atoms with Gasteiger partial charge in [0.15, 0.2) is 0 Å². The van der Waals surface area contributed by atoms with E-state index >= 15 is 0 Å². The first-order valence-corrected chi connectivity index (χ1v) is 12.7. The van der Waals surface area contributed by atoms with Crippen LogP contribution in [0.4, 0.5) is 0 Å². The molecule has 0 aromatic rings. The highest BCUT2D eigenvalue weighted by Crippen LogP contribution is 2.69. The Hall–Kier alpha value is -0.610. The van der Waals surface area contributed by atoms with Gasteiger partial charge in [-0.2, -0.15) is 0 Å². The van der Waals surface area contributed by atoms with E-state index in [2.05, 4.69) is 27.7 Å². The minimum atomic E-state index is -0.683. The number of fused-ring (bicyclic) bond motifs is 5. The monoisotopic (exact) mass is 420 g/mol. The third-order valence-corrected chi connectivity index (χ3v) is 11.0. The lowest BCUT2D eigenvalue weighted by molar-refractivity contribution is -0.203. The summed E-state index contributed by atoms with van der Waals surface area (Å²) in [6.07, 6.45) is 9.27. The molecule has 4 aliphatic carbocycles. The Morgan fingerprint density at radius 1 is 1.00 bits per heavy atom. The van der Waals surface area contributed by atoms with Crippen LogP contribution in [-0.2, 0) is 4.79 Å². The predicted octanol–water partition coefficient (Wildman–Crippen LogP) is 5.11. The normalized spacial score (nSPS) is 51.5. The maximum atomic E-state index is 11.7. The van der Waals surface area contributed by atoms with Crippen LogP contribution in [-0.4, -0.2) is 33.5 Å². The van der Waals surface area contributed by atoms with E-state index < -0.39 is 5.97 Å². The fourth-order valence-corrected chi connectivity index (χ4v) is 9.48. The van der Waals surface area contributed by atoms with Crippen molar-refractivity contribution in [3.63, 3.8) is 0 Å². The van der Waals surface area contributed by atoms with Crippen molar-refractivity contribution in [2.45, 2.75) is 104 Å². The van der Waals surface area contributed by atoms with Gasteiger partial charge in [0, 0.05) is 6.42 Å². The van der Waals surface area contributed by atoms with E-state index in [-0.39, 0.29) is 29.5 Å². The molecule has 0 saturated heterocycles. The second kappa shape index (κ2) is 8.06. The minimum absolute atomic E-state index is 0.194. The highest BCUT2D eigenvalue weighted by molar-refractivity contribution is 5.66. The summed E-state index contributed by atoms with van der Waals surface area (Å²) >= 11 is 0. The standard InChI is InChI=1S/C26H44O4/c1-5-17-21-14-16(27)10-12-26(21,4)20-11-13-25(3)18(15(2)6-9-22(28)29)7-8-19(25)23(20)24(17)30/h15-21,23-24,27,30H,5-14H2,1-4H3,(H,28,29)/t15?,16?,17-,18?,19?,20?,21?,23?,24-,25?,26?/m1/s1. The molecule has 30 heavy (non-hydrogen) atoms. The van der Waals surface area contributed by atoms with Gasteiger partial charge in [-0.15, -0.1) is 0 Å². The van der Waals surface area contributed by atoms with Gasteiger partial charge in [-0.25, -0.2) is 0 Å². The predicted molar refractivity (Wildman–Crippen MR) is 118 cm³/mol. The number of rotatable bonds is 5. The van der Waals surface area contributed by atoms with E-state index in [0.717, 1.165) is 32.1 Å². The molecule has 172 valence electrons. The molecule has 11 atom stereocenters. The number of hydrogen-bond donors (Lipinski definition) is 3. The maximum absolute atomic E-state index is 11.7. The van der Waals surface area contributed by atoms with E-state index in [0.29, 0.717) is 41.4 Å². The van der Waals surface area contributed by atoms with Crippen LogP contribution in [0.15, 0.2) is 0 Å². The molecule has 9 unspecified atom stereocenters. The largest absolute Gasteiger partial charge is 0.481 e. The first-order valence-electron chi connectivity index (χ1n) is 12.7. The zero-order valence-corrected chi connectivity index (χ0v) is 19.5. The molecule has 0 radical (unpaired) electrons. The number of aliphatic hydroxyl groups is 2. The molecular weight excluding hydrogens is 376 g/mol. The van der Waals surface area contributed by atoms with Crippen LogP contribution in [0, 0.1) is 52.3 Å². The molecule has 4 nitrogen and oxygen atoms in total. The van der Waals surface area contributed by atoms with E-state index in [1.54, 1.807) is 0 Å². The second-order valence-electron chi connectivity index (χ2n) is 12.0. The zero-order chi connectivity index (χ0) is 21.8. The van der Waals surface area contributed by atoms with Gasteiger partial charge >= 0.3 is 5.97 Å². The lowest BCUT2D eigenvalue weighted by atomic mass is 9.41. The van der Waals surface area contributed by atoms with Gasteiger partial charge in [0.2, 0.25) is 0 Å². The Morgan fingerprint density at radius 2 is 1.67 bits per heavy atom. The molecular formula is C26H44O4. The Bertz CT molecular complexity index is 649. The highest BCUT2D eigenvalue weighted by Gasteiger charge is 2.64. The molecule has 4 saturated carbocycles. The average molecular weight is 421 g/mol. The maximum Gasteiger partial charge on any atom is 0.303 e. The number of carboxylic acids is 1. The Kier molecular flexibility index (Phi) is 6.07. The number of carbonyl (C=O) groups is 1. The average Bonchev–Trinajstić information content (AvgIpc) is 3.05. The first-order chi connectivity index (χ1) is 14.1. The lowest BCUT2D eigenvalue weighted by Gasteiger charge is -2.64. The van der Waals surface area contributed by atoms with Crippen LogP contribution in [0.1, 0.15) is 91.9 Å². The Morgan fingerprint density at radius 3 is 2.33 bits per heavy atom. The van der Waals surface area contributed by atoms with Gasteiger partial charge in [-0.1, -0.05) is 34.1 Å². The summed E-state index contributed by atoms with van der Waals surface area (Å²) in [7, 11) is 0. The van der Waals surface area contributed by atoms with E-state index in [9.17, 15) is 15.0 Å². The molecule has 0 amide bonds. The number of aliphatic hydroxyl groups excluding tert-OH is 2. The van der Waals surface area contributed by atoms with Gasteiger partial charge in [-0.3, -0.25) is 4.79 Å².